The number of aromatic nitrogens is 4. The van der Waals surface area contributed by atoms with Crippen molar-refractivity contribution >= 4 is 23.4 Å². The molecule has 0 fully saturated rings. The van der Waals surface area contributed by atoms with Gasteiger partial charge in [-0.3, -0.25) is 5.10 Å². The number of aliphatic hydroxyl groups is 1. The molecule has 2 aromatic heterocycles. The van der Waals surface area contributed by atoms with Gasteiger partial charge >= 0.3 is 0 Å². The number of aryl methyl sites for hydroxylation is 1. The molecule has 5 N–H and O–H groups in total. The van der Waals surface area contributed by atoms with E-state index in [1.165, 1.54) is 12.1 Å². The molecule has 0 amide bonds. The smallest absolute Gasteiger partial charge is 0.227 e. The summed E-state index contributed by atoms with van der Waals surface area (Å²) in [6, 6.07) is 9.73. The number of nitrogens with one attached hydrogen (secondary N) is 4. The van der Waals surface area contributed by atoms with Crippen LogP contribution in [0.25, 0.3) is 0 Å². The van der Waals surface area contributed by atoms with E-state index in [0.717, 1.165) is 11.3 Å². The summed E-state index contributed by atoms with van der Waals surface area (Å²) in [4.78, 5) is 8.88. The Kier molecular flexibility index (Phi) is 5.82. The minimum atomic E-state index is -0.279. The third-order valence-electron chi connectivity index (χ3n) is 3.82. The highest BCUT2D eigenvalue weighted by Gasteiger charge is 2.11. The molecule has 142 valence electrons. The summed E-state index contributed by atoms with van der Waals surface area (Å²) in [6.07, 6.45) is 0. The molecule has 9 heteroatoms. The molecule has 0 spiro atoms. The molecule has 8 nitrogen and oxygen atoms in total. The molecule has 0 aliphatic heterocycles. The van der Waals surface area contributed by atoms with Crippen molar-refractivity contribution in [1.82, 2.24) is 20.2 Å². The van der Waals surface area contributed by atoms with Gasteiger partial charge in [-0.1, -0.05) is 12.1 Å². The van der Waals surface area contributed by atoms with Crippen LogP contribution >= 0.6 is 0 Å². The normalized spacial score (nSPS) is 11.9. The van der Waals surface area contributed by atoms with Gasteiger partial charge in [-0.15, -0.1) is 0 Å². The van der Waals surface area contributed by atoms with Crippen LogP contribution < -0.4 is 16.0 Å². The second-order valence-corrected chi connectivity index (χ2v) is 6.09. The fourth-order valence-electron chi connectivity index (χ4n) is 2.49. The highest BCUT2D eigenvalue weighted by atomic mass is 19.1. The Labute approximate surface area is 156 Å². The van der Waals surface area contributed by atoms with Crippen LogP contribution in [0.15, 0.2) is 36.4 Å². The minimum absolute atomic E-state index is 0.0138. The van der Waals surface area contributed by atoms with Crippen LogP contribution in [0.3, 0.4) is 0 Å². The van der Waals surface area contributed by atoms with Crippen molar-refractivity contribution in [1.29, 1.82) is 0 Å². The number of aromatic amines is 1. The summed E-state index contributed by atoms with van der Waals surface area (Å²) >= 11 is 0. The lowest BCUT2D eigenvalue weighted by atomic mass is 10.1. The lowest BCUT2D eigenvalue weighted by Crippen LogP contribution is -2.13. The minimum Gasteiger partial charge on any atom is -0.395 e. The Morgan fingerprint density at radius 1 is 1.11 bits per heavy atom. The zero-order valence-electron chi connectivity index (χ0n) is 15.1. The maximum absolute atomic E-state index is 13.1. The first kappa shape index (κ1) is 18.6. The Hall–Kier alpha value is -3.20. The fourth-order valence-corrected chi connectivity index (χ4v) is 2.49. The Balaban J connectivity index is 1.81. The first-order valence-corrected chi connectivity index (χ1v) is 8.58. The molecule has 0 saturated heterocycles. The molecular formula is C18H22FN7O. The molecule has 0 aliphatic carbocycles. The summed E-state index contributed by atoms with van der Waals surface area (Å²) in [5.74, 6) is 1.85. The van der Waals surface area contributed by atoms with Crippen LogP contribution in [0.1, 0.15) is 24.2 Å². The number of anilines is 4. The van der Waals surface area contributed by atoms with Gasteiger partial charge < -0.3 is 21.1 Å². The van der Waals surface area contributed by atoms with E-state index in [9.17, 15) is 4.39 Å². The molecule has 1 unspecified atom stereocenters. The molecule has 0 saturated carbocycles. The van der Waals surface area contributed by atoms with E-state index in [-0.39, 0.29) is 18.5 Å². The molecule has 0 aliphatic rings. The van der Waals surface area contributed by atoms with Crippen molar-refractivity contribution < 1.29 is 9.50 Å². The van der Waals surface area contributed by atoms with Gasteiger partial charge in [-0.2, -0.15) is 15.1 Å². The van der Waals surface area contributed by atoms with Crippen LogP contribution in [0.2, 0.25) is 0 Å². The van der Waals surface area contributed by atoms with Crippen LogP contribution in [0, 0.1) is 12.7 Å². The van der Waals surface area contributed by atoms with Crippen molar-refractivity contribution in [2.75, 3.05) is 29.1 Å². The van der Waals surface area contributed by atoms with Gasteiger partial charge in [0.05, 0.1) is 12.6 Å². The molecule has 2 heterocycles. The zero-order chi connectivity index (χ0) is 19.2. The Bertz CT molecular complexity index is 882. The molecule has 1 aromatic carbocycles. The molecule has 1 atom stereocenters. The summed E-state index contributed by atoms with van der Waals surface area (Å²) < 4.78 is 13.1. The van der Waals surface area contributed by atoms with Gasteiger partial charge in [0.2, 0.25) is 5.95 Å². The van der Waals surface area contributed by atoms with Crippen molar-refractivity contribution in [2.45, 2.75) is 19.9 Å². The molecule has 3 aromatic rings. The monoisotopic (exact) mass is 371 g/mol. The van der Waals surface area contributed by atoms with Gasteiger partial charge in [0.15, 0.2) is 5.82 Å². The van der Waals surface area contributed by atoms with Crippen LogP contribution in [-0.4, -0.2) is 38.4 Å². The number of hydrogen-bond acceptors (Lipinski definition) is 7. The van der Waals surface area contributed by atoms with Gasteiger partial charge in [0.1, 0.15) is 17.5 Å². The van der Waals surface area contributed by atoms with E-state index in [0.29, 0.717) is 29.9 Å². The van der Waals surface area contributed by atoms with Gasteiger partial charge in [-0.25, -0.2) is 4.39 Å². The number of halogens is 1. The first-order valence-electron chi connectivity index (χ1n) is 8.58. The first-order chi connectivity index (χ1) is 13.0. The predicted molar refractivity (Wildman–Crippen MR) is 103 cm³/mol. The molecule has 0 radical (unpaired) electrons. The number of nitrogens with zero attached hydrogens (tertiary/aromatic N) is 3. The third kappa shape index (κ3) is 5.14. The maximum Gasteiger partial charge on any atom is 0.227 e. The quantitative estimate of drug-likeness (QED) is 0.414. The average molecular weight is 371 g/mol. The van der Waals surface area contributed by atoms with Gasteiger partial charge in [0.25, 0.3) is 0 Å². The summed E-state index contributed by atoms with van der Waals surface area (Å²) in [6.45, 7) is 4.20. The summed E-state index contributed by atoms with van der Waals surface area (Å²) in [5, 5.41) is 25.4. The van der Waals surface area contributed by atoms with Crippen molar-refractivity contribution in [3.8, 4) is 0 Å². The predicted octanol–water partition coefficient (Wildman–Crippen LogP) is 2.97. The number of H-pyrrole nitrogens is 1. The van der Waals surface area contributed by atoms with Crippen molar-refractivity contribution in [3.63, 3.8) is 0 Å². The van der Waals surface area contributed by atoms with E-state index in [2.05, 4.69) is 36.1 Å². The Morgan fingerprint density at radius 2 is 1.85 bits per heavy atom. The number of rotatable bonds is 8. The summed E-state index contributed by atoms with van der Waals surface area (Å²) in [5.41, 5.74) is 1.83. The van der Waals surface area contributed by atoms with Gasteiger partial charge in [-0.05, 0) is 31.5 Å². The van der Waals surface area contributed by atoms with Crippen LogP contribution in [-0.2, 0) is 0 Å². The fraction of sp³-hybridized carbons (Fsp3) is 0.278. The molecule has 0 bridgehead atoms. The van der Waals surface area contributed by atoms with E-state index in [1.54, 1.807) is 18.2 Å². The van der Waals surface area contributed by atoms with E-state index in [4.69, 9.17) is 5.11 Å². The third-order valence-corrected chi connectivity index (χ3v) is 3.82. The van der Waals surface area contributed by atoms with Crippen molar-refractivity contribution in [2.24, 2.45) is 0 Å². The zero-order valence-corrected chi connectivity index (χ0v) is 15.1. The lowest BCUT2D eigenvalue weighted by molar-refractivity contribution is 0.311. The number of benzene rings is 1. The topological polar surface area (TPSA) is 111 Å². The SMILES string of the molecule is Cc1cc(Nc2cc(NCCO)nc(NC(C)c3ccc(F)cc3)n2)n[nH]1. The molecular weight excluding hydrogens is 349 g/mol. The maximum atomic E-state index is 13.1. The van der Waals surface area contributed by atoms with E-state index < -0.39 is 0 Å². The standard InChI is InChI=1S/C18H22FN7O/c1-11-9-17(26-25-11)22-16-10-15(20-7-8-27)23-18(24-16)21-12(2)13-3-5-14(19)6-4-13/h3-6,9-10,12,27H,7-8H2,1-2H3,(H4,20,21,22,23,24,25,26). The highest BCUT2D eigenvalue weighted by molar-refractivity contribution is 5.59. The lowest BCUT2D eigenvalue weighted by Gasteiger charge is -2.16. The highest BCUT2D eigenvalue weighted by Crippen LogP contribution is 2.22. The second kappa shape index (κ2) is 8.45. The largest absolute Gasteiger partial charge is 0.395 e. The molecule has 27 heavy (non-hydrogen) atoms. The summed E-state index contributed by atoms with van der Waals surface area (Å²) in [7, 11) is 0. The number of aliphatic hydroxyl groups excluding tert-OH is 1. The average Bonchev–Trinajstić information content (AvgIpc) is 3.05. The Morgan fingerprint density at radius 3 is 2.52 bits per heavy atom. The van der Waals surface area contributed by atoms with Gasteiger partial charge in [0, 0.05) is 24.4 Å². The second-order valence-electron chi connectivity index (χ2n) is 6.09. The van der Waals surface area contributed by atoms with Crippen LogP contribution in [0.4, 0.5) is 27.8 Å². The van der Waals surface area contributed by atoms with E-state index in [1.807, 2.05) is 19.9 Å². The van der Waals surface area contributed by atoms with Crippen LogP contribution in [0.5, 0.6) is 0 Å². The van der Waals surface area contributed by atoms with E-state index >= 15 is 0 Å². The number of hydrogen-bond donors (Lipinski definition) is 5. The molecule has 3 rings (SSSR count). The van der Waals surface area contributed by atoms with Crippen molar-refractivity contribution in [3.05, 3.63) is 53.5 Å².